The summed E-state index contributed by atoms with van der Waals surface area (Å²) >= 11 is 5.96. The van der Waals surface area contributed by atoms with Crippen LogP contribution in [0.15, 0.2) is 78.5 Å². The van der Waals surface area contributed by atoms with Gasteiger partial charge in [-0.2, -0.15) is 5.26 Å². The number of carbonyl (C=O) groups is 2. The fourth-order valence-electron chi connectivity index (χ4n) is 3.16. The summed E-state index contributed by atoms with van der Waals surface area (Å²) in [7, 11) is 0. The second-order valence-electron chi connectivity index (χ2n) is 6.50. The molecule has 30 heavy (non-hydrogen) atoms. The van der Waals surface area contributed by atoms with Crippen molar-refractivity contribution < 1.29 is 14.0 Å². The van der Waals surface area contributed by atoms with Crippen molar-refractivity contribution in [2.45, 2.75) is 0 Å². The van der Waals surface area contributed by atoms with Crippen molar-refractivity contribution in [3.8, 4) is 6.07 Å². The summed E-state index contributed by atoms with van der Waals surface area (Å²) in [5, 5.41) is 12.4. The quantitative estimate of drug-likeness (QED) is 0.622. The third-order valence-electron chi connectivity index (χ3n) is 4.57. The van der Waals surface area contributed by atoms with Gasteiger partial charge in [-0.05, 0) is 60.2 Å². The molecule has 0 radical (unpaired) electrons. The lowest BCUT2D eigenvalue weighted by Gasteiger charge is -2.15. The van der Waals surface area contributed by atoms with Crippen LogP contribution in [0.4, 0.5) is 15.8 Å². The Balaban J connectivity index is 1.81. The van der Waals surface area contributed by atoms with Crippen LogP contribution in [0.3, 0.4) is 0 Å². The van der Waals surface area contributed by atoms with E-state index >= 15 is 0 Å². The van der Waals surface area contributed by atoms with Crippen LogP contribution in [0, 0.1) is 17.1 Å². The molecule has 0 spiro atoms. The molecule has 0 bridgehead atoms. The number of benzene rings is 3. The van der Waals surface area contributed by atoms with Gasteiger partial charge in [0.25, 0.3) is 11.8 Å². The Morgan fingerprint density at radius 2 is 1.63 bits per heavy atom. The molecule has 3 aromatic rings. The zero-order chi connectivity index (χ0) is 21.3. The van der Waals surface area contributed by atoms with Crippen molar-refractivity contribution in [3.05, 3.63) is 100 Å². The minimum Gasteiger partial charge on any atom is -0.350 e. The molecule has 3 aromatic carbocycles. The second kappa shape index (κ2) is 7.82. The van der Waals surface area contributed by atoms with Crippen LogP contribution in [0.1, 0.15) is 11.1 Å². The molecule has 1 heterocycles. The van der Waals surface area contributed by atoms with Crippen LogP contribution >= 0.6 is 11.6 Å². The fraction of sp³-hybridized carbons (Fsp3) is 0. The van der Waals surface area contributed by atoms with Crippen LogP contribution in [0.5, 0.6) is 0 Å². The fourth-order valence-corrected chi connectivity index (χ4v) is 3.29. The number of amides is 2. The van der Waals surface area contributed by atoms with Gasteiger partial charge in [0.1, 0.15) is 11.5 Å². The first-order valence-corrected chi connectivity index (χ1v) is 9.27. The molecule has 1 N–H and O–H groups in total. The predicted octanol–water partition coefficient (Wildman–Crippen LogP) is 4.75. The first kappa shape index (κ1) is 19.4. The number of nitrogens with one attached hydrogen (secondary N) is 1. The number of hydrogen-bond donors (Lipinski definition) is 1. The van der Waals surface area contributed by atoms with Crippen LogP contribution in [0.25, 0.3) is 5.57 Å². The highest BCUT2D eigenvalue weighted by molar-refractivity contribution is 6.46. The molecule has 0 atom stereocenters. The third kappa shape index (κ3) is 3.54. The summed E-state index contributed by atoms with van der Waals surface area (Å²) in [6.07, 6.45) is 0. The van der Waals surface area contributed by atoms with Crippen LogP contribution in [-0.4, -0.2) is 11.8 Å². The first-order chi connectivity index (χ1) is 14.5. The van der Waals surface area contributed by atoms with Gasteiger partial charge < -0.3 is 5.32 Å². The smallest absolute Gasteiger partial charge is 0.282 e. The number of anilines is 2. The Morgan fingerprint density at radius 3 is 2.27 bits per heavy atom. The van der Waals surface area contributed by atoms with Gasteiger partial charge in [0.05, 0.1) is 22.9 Å². The van der Waals surface area contributed by atoms with E-state index in [-0.39, 0.29) is 11.3 Å². The molecule has 0 saturated carbocycles. The highest BCUT2D eigenvalue weighted by Crippen LogP contribution is 2.34. The summed E-state index contributed by atoms with van der Waals surface area (Å²) in [6.45, 7) is 0. The second-order valence-corrected chi connectivity index (χ2v) is 6.93. The molecule has 7 heteroatoms. The number of halogens is 2. The van der Waals surface area contributed by atoms with E-state index < -0.39 is 17.6 Å². The lowest BCUT2D eigenvalue weighted by molar-refractivity contribution is -0.120. The van der Waals surface area contributed by atoms with Gasteiger partial charge >= 0.3 is 0 Å². The highest BCUT2D eigenvalue weighted by atomic mass is 35.5. The molecule has 0 aliphatic carbocycles. The van der Waals surface area contributed by atoms with Crippen LogP contribution in [0.2, 0.25) is 5.02 Å². The van der Waals surface area contributed by atoms with E-state index in [1.807, 2.05) is 6.07 Å². The monoisotopic (exact) mass is 417 g/mol. The maximum Gasteiger partial charge on any atom is 0.282 e. The summed E-state index contributed by atoms with van der Waals surface area (Å²) in [6, 6.07) is 20.2. The lowest BCUT2D eigenvalue weighted by Crippen LogP contribution is -2.32. The summed E-state index contributed by atoms with van der Waals surface area (Å²) in [5.41, 5.74) is 1.73. The number of rotatable bonds is 4. The number of carbonyl (C=O) groups excluding carboxylic acids is 2. The van der Waals surface area contributed by atoms with Crippen molar-refractivity contribution in [3.63, 3.8) is 0 Å². The highest BCUT2D eigenvalue weighted by Gasteiger charge is 2.40. The Morgan fingerprint density at radius 1 is 0.933 bits per heavy atom. The van der Waals surface area contributed by atoms with Gasteiger partial charge in [0, 0.05) is 10.7 Å². The van der Waals surface area contributed by atoms with E-state index in [4.69, 9.17) is 16.9 Å². The molecule has 0 aromatic heterocycles. The number of hydrogen-bond acceptors (Lipinski definition) is 4. The molecule has 0 fully saturated rings. The van der Waals surface area contributed by atoms with Crippen molar-refractivity contribution in [1.82, 2.24) is 0 Å². The Labute approximate surface area is 176 Å². The SMILES string of the molecule is N#Cc1ccc(N2C(=O)C(Nc3cccc(F)c3)=C(c3ccc(Cl)cc3)C2=O)cc1. The van der Waals surface area contributed by atoms with Crippen molar-refractivity contribution in [2.75, 3.05) is 10.2 Å². The molecule has 4 rings (SSSR count). The Kier molecular flexibility index (Phi) is 5.05. The molecule has 0 saturated heterocycles. The molecule has 1 aliphatic heterocycles. The molecule has 0 unspecified atom stereocenters. The topological polar surface area (TPSA) is 73.2 Å². The predicted molar refractivity (Wildman–Crippen MR) is 112 cm³/mol. The number of imide groups is 1. The minimum atomic E-state index is -0.584. The van der Waals surface area contributed by atoms with Gasteiger partial charge in [-0.3, -0.25) is 9.59 Å². The zero-order valence-corrected chi connectivity index (χ0v) is 16.2. The van der Waals surface area contributed by atoms with Gasteiger partial charge in [-0.25, -0.2) is 9.29 Å². The molecular weight excluding hydrogens is 405 g/mol. The number of nitriles is 1. The van der Waals surface area contributed by atoms with Crippen LogP contribution in [-0.2, 0) is 9.59 Å². The largest absolute Gasteiger partial charge is 0.350 e. The van der Waals surface area contributed by atoms with E-state index in [1.54, 1.807) is 30.3 Å². The Bertz CT molecular complexity index is 1230. The molecule has 2 amide bonds. The van der Waals surface area contributed by atoms with E-state index in [2.05, 4.69) is 5.32 Å². The van der Waals surface area contributed by atoms with Gasteiger partial charge in [0.15, 0.2) is 0 Å². The molecule has 146 valence electrons. The lowest BCUT2D eigenvalue weighted by atomic mass is 10.0. The van der Waals surface area contributed by atoms with E-state index in [0.29, 0.717) is 27.5 Å². The van der Waals surface area contributed by atoms with E-state index in [0.717, 1.165) is 4.90 Å². The van der Waals surface area contributed by atoms with Crippen molar-refractivity contribution in [1.29, 1.82) is 5.26 Å². The minimum absolute atomic E-state index is 0.0253. The maximum absolute atomic E-state index is 13.6. The van der Waals surface area contributed by atoms with Gasteiger partial charge in [-0.1, -0.05) is 29.8 Å². The molecule has 1 aliphatic rings. The molecule has 5 nitrogen and oxygen atoms in total. The third-order valence-corrected chi connectivity index (χ3v) is 4.82. The normalized spacial score (nSPS) is 13.6. The number of nitrogens with zero attached hydrogens (tertiary/aromatic N) is 2. The summed E-state index contributed by atoms with van der Waals surface area (Å²) < 4.78 is 13.6. The average Bonchev–Trinajstić information content (AvgIpc) is 2.98. The summed E-state index contributed by atoms with van der Waals surface area (Å²) in [4.78, 5) is 27.5. The van der Waals surface area contributed by atoms with Crippen molar-refractivity contribution in [2.24, 2.45) is 0 Å². The summed E-state index contributed by atoms with van der Waals surface area (Å²) in [5.74, 6) is -1.60. The Hall–Kier alpha value is -3.95. The van der Waals surface area contributed by atoms with E-state index in [1.165, 1.54) is 42.5 Å². The standard InChI is InChI=1S/C23H13ClFN3O2/c24-16-8-6-15(7-9-16)20-21(27-18-3-1-2-17(25)12-18)23(30)28(22(20)29)19-10-4-14(13-26)5-11-19/h1-12,27H. The van der Waals surface area contributed by atoms with Crippen LogP contribution < -0.4 is 10.2 Å². The molecular formula is C23H13ClFN3O2. The zero-order valence-electron chi connectivity index (χ0n) is 15.4. The average molecular weight is 418 g/mol. The van der Waals surface area contributed by atoms with E-state index in [9.17, 15) is 14.0 Å². The maximum atomic E-state index is 13.6. The van der Waals surface area contributed by atoms with Gasteiger partial charge in [0.2, 0.25) is 0 Å². The van der Waals surface area contributed by atoms with Gasteiger partial charge in [-0.15, -0.1) is 0 Å². The van der Waals surface area contributed by atoms with Crippen molar-refractivity contribution >= 4 is 40.4 Å². The first-order valence-electron chi connectivity index (χ1n) is 8.89.